The Morgan fingerprint density at radius 1 is 1.09 bits per heavy atom. The molecule has 0 saturated carbocycles. The molecule has 2 nitrogen and oxygen atoms in total. The first-order chi connectivity index (χ1) is 5.18. The molecule has 0 aliphatic rings. The van der Waals surface area contributed by atoms with E-state index in [1.165, 1.54) is 19.3 Å². The van der Waals surface area contributed by atoms with E-state index >= 15 is 0 Å². The summed E-state index contributed by atoms with van der Waals surface area (Å²) in [5, 5.41) is 18.1. The number of hydrogen-bond acceptors (Lipinski definition) is 2. The van der Waals surface area contributed by atoms with Gasteiger partial charge in [-0.2, -0.15) is 0 Å². The van der Waals surface area contributed by atoms with Crippen LogP contribution in [0, 0.1) is 0 Å². The van der Waals surface area contributed by atoms with E-state index in [0.717, 1.165) is 12.8 Å². The Morgan fingerprint density at radius 3 is 2.18 bits per heavy atom. The quantitative estimate of drug-likeness (QED) is 0.581. The molecule has 11 heavy (non-hydrogen) atoms. The van der Waals surface area contributed by atoms with Gasteiger partial charge in [0.2, 0.25) is 0 Å². The van der Waals surface area contributed by atoms with Crippen LogP contribution in [-0.2, 0) is 0 Å². The highest BCUT2D eigenvalue weighted by Gasteiger charge is 2.08. The van der Waals surface area contributed by atoms with Crippen LogP contribution in [0.4, 0.5) is 0 Å². The van der Waals surface area contributed by atoms with Gasteiger partial charge in [0.1, 0.15) is 0 Å². The summed E-state index contributed by atoms with van der Waals surface area (Å²) in [6.45, 7) is 3.79. The van der Waals surface area contributed by atoms with Crippen molar-refractivity contribution in [2.75, 3.05) is 0 Å². The SMILES string of the molecule is CCCCCCC(O)C(C)O. The number of aliphatic hydroxyl groups is 2. The van der Waals surface area contributed by atoms with Crippen molar-refractivity contribution in [3.8, 4) is 0 Å². The normalized spacial score (nSPS) is 16.4. The lowest BCUT2D eigenvalue weighted by molar-refractivity contribution is 0.0247. The van der Waals surface area contributed by atoms with Crippen molar-refractivity contribution in [1.82, 2.24) is 0 Å². The van der Waals surface area contributed by atoms with Crippen molar-refractivity contribution in [1.29, 1.82) is 0 Å². The van der Waals surface area contributed by atoms with E-state index in [9.17, 15) is 5.11 Å². The first-order valence-corrected chi connectivity index (χ1v) is 4.54. The molecule has 0 spiro atoms. The Balaban J connectivity index is 3.10. The fraction of sp³-hybridized carbons (Fsp3) is 1.00. The summed E-state index contributed by atoms with van der Waals surface area (Å²) in [4.78, 5) is 0. The summed E-state index contributed by atoms with van der Waals surface area (Å²) in [5.41, 5.74) is 0. The minimum absolute atomic E-state index is 0.521. The smallest absolute Gasteiger partial charge is 0.0796 e. The Morgan fingerprint density at radius 2 is 1.73 bits per heavy atom. The molecule has 0 bridgehead atoms. The van der Waals surface area contributed by atoms with Crippen LogP contribution in [0.25, 0.3) is 0 Å². The summed E-state index contributed by atoms with van der Waals surface area (Å²) in [7, 11) is 0. The molecule has 0 saturated heterocycles. The summed E-state index contributed by atoms with van der Waals surface area (Å²) in [6.07, 6.45) is 4.28. The highest BCUT2D eigenvalue weighted by atomic mass is 16.3. The van der Waals surface area contributed by atoms with Crippen LogP contribution in [0.3, 0.4) is 0 Å². The van der Waals surface area contributed by atoms with E-state index < -0.39 is 12.2 Å². The minimum Gasteiger partial charge on any atom is -0.391 e. The molecule has 0 fully saturated rings. The van der Waals surface area contributed by atoms with E-state index in [2.05, 4.69) is 6.92 Å². The third-order valence-corrected chi connectivity index (χ3v) is 1.91. The van der Waals surface area contributed by atoms with E-state index in [0.29, 0.717) is 0 Å². The zero-order valence-electron chi connectivity index (χ0n) is 7.58. The lowest BCUT2D eigenvalue weighted by Crippen LogP contribution is -2.21. The minimum atomic E-state index is -0.573. The molecule has 2 heteroatoms. The first-order valence-electron chi connectivity index (χ1n) is 4.54. The van der Waals surface area contributed by atoms with Gasteiger partial charge >= 0.3 is 0 Å². The molecular weight excluding hydrogens is 140 g/mol. The van der Waals surface area contributed by atoms with Crippen molar-refractivity contribution in [3.63, 3.8) is 0 Å². The lowest BCUT2D eigenvalue weighted by atomic mass is 10.1. The van der Waals surface area contributed by atoms with E-state index in [-0.39, 0.29) is 0 Å². The topological polar surface area (TPSA) is 40.5 Å². The molecule has 68 valence electrons. The highest BCUT2D eigenvalue weighted by Crippen LogP contribution is 2.07. The van der Waals surface area contributed by atoms with Crippen molar-refractivity contribution < 1.29 is 10.2 Å². The molecule has 0 aromatic rings. The molecule has 0 aliphatic heterocycles. The molecule has 0 aromatic carbocycles. The van der Waals surface area contributed by atoms with Crippen LogP contribution in [0.2, 0.25) is 0 Å². The van der Waals surface area contributed by atoms with E-state index in [1.807, 2.05) is 0 Å². The summed E-state index contributed by atoms with van der Waals surface area (Å²) < 4.78 is 0. The van der Waals surface area contributed by atoms with Crippen LogP contribution in [0.5, 0.6) is 0 Å². The molecule has 0 rings (SSSR count). The molecule has 0 amide bonds. The van der Waals surface area contributed by atoms with Crippen LogP contribution >= 0.6 is 0 Å². The summed E-state index contributed by atoms with van der Waals surface area (Å²) in [5.74, 6) is 0. The van der Waals surface area contributed by atoms with Crippen molar-refractivity contribution in [2.45, 2.75) is 58.2 Å². The maximum Gasteiger partial charge on any atom is 0.0796 e. The zero-order valence-corrected chi connectivity index (χ0v) is 7.58. The van der Waals surface area contributed by atoms with Gasteiger partial charge < -0.3 is 10.2 Å². The van der Waals surface area contributed by atoms with E-state index in [4.69, 9.17) is 5.11 Å². The van der Waals surface area contributed by atoms with Gasteiger partial charge in [-0.05, 0) is 13.3 Å². The summed E-state index contributed by atoms with van der Waals surface area (Å²) in [6, 6.07) is 0. The van der Waals surface area contributed by atoms with Gasteiger partial charge in [0.25, 0.3) is 0 Å². The maximum absolute atomic E-state index is 9.18. The summed E-state index contributed by atoms with van der Waals surface area (Å²) >= 11 is 0. The largest absolute Gasteiger partial charge is 0.391 e. The van der Waals surface area contributed by atoms with Gasteiger partial charge in [-0.25, -0.2) is 0 Å². The van der Waals surface area contributed by atoms with Crippen molar-refractivity contribution in [2.24, 2.45) is 0 Å². The predicted molar refractivity (Wildman–Crippen MR) is 46.4 cm³/mol. The van der Waals surface area contributed by atoms with Crippen LogP contribution in [0.15, 0.2) is 0 Å². The second kappa shape index (κ2) is 6.62. The fourth-order valence-electron chi connectivity index (χ4n) is 1.02. The Kier molecular flexibility index (Phi) is 6.57. The monoisotopic (exact) mass is 160 g/mol. The zero-order chi connectivity index (χ0) is 8.69. The molecule has 0 aliphatic carbocycles. The number of unbranched alkanes of at least 4 members (excludes halogenated alkanes) is 3. The van der Waals surface area contributed by atoms with Crippen LogP contribution in [0.1, 0.15) is 46.0 Å². The third kappa shape index (κ3) is 6.32. The molecular formula is C9H20O2. The lowest BCUT2D eigenvalue weighted by Gasteiger charge is -2.12. The number of hydrogen-bond donors (Lipinski definition) is 2. The average molecular weight is 160 g/mol. The van der Waals surface area contributed by atoms with Crippen LogP contribution in [-0.4, -0.2) is 22.4 Å². The second-order valence-electron chi connectivity index (χ2n) is 3.16. The Hall–Kier alpha value is -0.0800. The van der Waals surface area contributed by atoms with Crippen molar-refractivity contribution >= 4 is 0 Å². The number of aliphatic hydroxyl groups excluding tert-OH is 2. The number of rotatable bonds is 6. The van der Waals surface area contributed by atoms with Gasteiger partial charge in [-0.3, -0.25) is 0 Å². The molecule has 2 atom stereocenters. The van der Waals surface area contributed by atoms with Gasteiger partial charge in [-0.15, -0.1) is 0 Å². The van der Waals surface area contributed by atoms with Gasteiger partial charge in [0.05, 0.1) is 12.2 Å². The predicted octanol–water partition coefficient (Wildman–Crippen LogP) is 1.70. The molecule has 2 N–H and O–H groups in total. The second-order valence-corrected chi connectivity index (χ2v) is 3.16. The van der Waals surface area contributed by atoms with Gasteiger partial charge in [-0.1, -0.05) is 32.6 Å². The standard InChI is InChI=1S/C9H20O2/c1-3-4-5-6-7-9(11)8(2)10/h8-11H,3-7H2,1-2H3. The van der Waals surface area contributed by atoms with Gasteiger partial charge in [0, 0.05) is 0 Å². The Bertz CT molecular complexity index is 81.6. The molecule has 2 unspecified atom stereocenters. The Labute approximate surface area is 69.2 Å². The molecule has 0 heterocycles. The third-order valence-electron chi connectivity index (χ3n) is 1.91. The highest BCUT2D eigenvalue weighted by molar-refractivity contribution is 4.61. The van der Waals surface area contributed by atoms with Gasteiger partial charge in [0.15, 0.2) is 0 Å². The van der Waals surface area contributed by atoms with E-state index in [1.54, 1.807) is 6.92 Å². The maximum atomic E-state index is 9.18. The molecule has 0 aromatic heterocycles. The fourth-order valence-corrected chi connectivity index (χ4v) is 1.02. The molecule has 0 radical (unpaired) electrons. The van der Waals surface area contributed by atoms with Crippen molar-refractivity contribution in [3.05, 3.63) is 0 Å². The van der Waals surface area contributed by atoms with Crippen LogP contribution < -0.4 is 0 Å². The first kappa shape index (κ1) is 10.9. The average Bonchev–Trinajstić information content (AvgIpc) is 1.97.